The maximum Gasteiger partial charge on any atom is 0.291 e. The quantitative estimate of drug-likeness (QED) is 0.252. The molecule has 0 aromatic rings. The van der Waals surface area contributed by atoms with Crippen molar-refractivity contribution in [3.63, 3.8) is 0 Å². The second-order valence-electron chi connectivity index (χ2n) is 0.238. The van der Waals surface area contributed by atoms with Gasteiger partial charge in [-0.3, -0.25) is 0 Å². The van der Waals surface area contributed by atoms with Crippen LogP contribution in [-0.2, 0) is 0 Å². The van der Waals surface area contributed by atoms with Crippen molar-refractivity contribution in [2.45, 2.75) is 0 Å². The van der Waals surface area contributed by atoms with E-state index >= 15 is 0 Å². The minimum absolute atomic E-state index is 0. The van der Waals surface area contributed by atoms with Crippen molar-refractivity contribution < 1.29 is 10.3 Å². The van der Waals surface area contributed by atoms with Gasteiger partial charge in [-0.25, -0.2) is 0 Å². The van der Waals surface area contributed by atoms with Crippen LogP contribution in [0.5, 0.6) is 0 Å². The van der Waals surface area contributed by atoms with Crippen LogP contribution in [0.4, 0.5) is 0 Å². The molecule has 32 valence electrons. The average Bonchev–Trinajstić information content (AvgIpc) is 0.811. The van der Waals surface area contributed by atoms with Gasteiger partial charge in [0.05, 0.1) is 0 Å². The zero-order valence-corrected chi connectivity index (χ0v) is 3.71. The molecule has 0 unspecified atom stereocenters. The fourth-order valence-electron chi connectivity index (χ4n) is 0. The van der Waals surface area contributed by atoms with Gasteiger partial charge in [0.1, 0.15) is 0 Å². The summed E-state index contributed by atoms with van der Waals surface area (Å²) < 4.78 is 0. The zero-order valence-electron chi connectivity index (χ0n) is 2.71. The average molecular weight is 103 g/mol. The molecular weight excluding hydrogens is 102 g/mol. The van der Waals surface area contributed by atoms with Crippen molar-refractivity contribution in [3.05, 3.63) is 17.5 Å². The monoisotopic (exact) mass is 103 g/mol. The van der Waals surface area contributed by atoms with Gasteiger partial charge >= 0.3 is 0 Å². The summed E-state index contributed by atoms with van der Waals surface area (Å²) in [6.07, 6.45) is 0. The lowest BCUT2D eigenvalue weighted by Gasteiger charge is -1.56. The summed E-state index contributed by atoms with van der Waals surface area (Å²) >= 11 is 0. The van der Waals surface area contributed by atoms with Gasteiger partial charge in [-0.2, -0.15) is 0 Å². The molecule has 0 aliphatic rings. The predicted molar refractivity (Wildman–Crippen MR) is 17.8 cm³/mol. The molecule has 0 amide bonds. The number of rotatable bonds is 0. The number of nitrogens with zero attached hydrogens (tertiary/aromatic N) is 1. The Hall–Kier alpha value is -0.583. The van der Waals surface area contributed by atoms with Crippen LogP contribution in [0.3, 0.4) is 0 Å². The Bertz CT molecular complexity index is 33.8. The highest BCUT2D eigenvalue weighted by molar-refractivity contribution is 5.75. The summed E-state index contributed by atoms with van der Waals surface area (Å²) in [5.41, 5.74) is 0. The third-order valence-electron chi connectivity index (χ3n) is 0. The Morgan fingerprint density at radius 2 is 1.67 bits per heavy atom. The van der Waals surface area contributed by atoms with Crippen LogP contribution in [0.25, 0.3) is 0 Å². The molecule has 0 rings (SSSR count). The van der Waals surface area contributed by atoms with Gasteiger partial charge in [-0.1, -0.05) is 0 Å². The lowest BCUT2D eigenvalue weighted by atomic mass is 12.0. The molecule has 0 aliphatic carbocycles. The van der Waals surface area contributed by atoms with Crippen LogP contribution in [0, 0.1) is 17.5 Å². The molecule has 8 radical (unpaired) electrons. The lowest BCUT2D eigenvalue weighted by Crippen LogP contribution is -1.81. The van der Waals surface area contributed by atoms with Gasteiger partial charge in [-0.15, -0.1) is 10.1 Å². The van der Waals surface area contributed by atoms with Crippen LogP contribution in [-0.4, -0.2) is 21.3 Å². The predicted octanol–water partition coefficient (Wildman–Crippen LogP) is -0.647. The smallest absolute Gasteiger partial charge is 0.291 e. The minimum Gasteiger partial charge on any atom is -0.328 e. The maximum absolute atomic E-state index is 8.36. The van der Waals surface area contributed by atoms with E-state index in [0.717, 1.165) is 0 Å². The minimum atomic E-state index is -1.50. The Morgan fingerprint density at radius 3 is 1.67 bits per heavy atom. The maximum atomic E-state index is 8.36. The van der Waals surface area contributed by atoms with Crippen molar-refractivity contribution in [1.82, 2.24) is 0 Å². The Morgan fingerprint density at radius 1 is 1.67 bits per heavy atom. The van der Waals surface area contributed by atoms with Gasteiger partial charge in [0.25, 0.3) is 5.09 Å². The lowest BCUT2D eigenvalue weighted by molar-refractivity contribution is -0.742. The highest BCUT2D eigenvalue weighted by Gasteiger charge is 1.65. The molecule has 0 atom stereocenters. The van der Waals surface area contributed by atoms with Crippen molar-refractivity contribution in [3.8, 4) is 0 Å². The summed E-state index contributed by atoms with van der Waals surface area (Å²) in [6, 6.07) is 0. The highest BCUT2D eigenvalue weighted by atomic mass is 28.1. The second-order valence-corrected chi connectivity index (χ2v) is 0.238. The molecule has 6 heavy (non-hydrogen) atoms. The molecule has 0 saturated heterocycles. The van der Waals surface area contributed by atoms with Crippen LogP contribution in [0.2, 0.25) is 0 Å². The summed E-state index contributed by atoms with van der Waals surface area (Å²) in [5.74, 6) is 0. The fraction of sp³-hybridized carbons (Fsp3) is 0. The van der Waals surface area contributed by atoms with Gasteiger partial charge in [0, 0.05) is 18.4 Å². The Labute approximate surface area is 39.9 Å². The molecule has 0 aromatic heterocycles. The molecule has 0 fully saturated rings. The van der Waals surface area contributed by atoms with E-state index < -0.39 is 5.09 Å². The number of hydrogen-bond acceptors (Lipinski definition) is 2. The summed E-state index contributed by atoms with van der Waals surface area (Å²) in [6.45, 7) is 0. The van der Waals surface area contributed by atoms with E-state index in [9.17, 15) is 0 Å². The Kier molecular flexibility index (Phi) is 26.6. The first-order valence-electron chi connectivity index (χ1n) is 0.565. The van der Waals surface area contributed by atoms with E-state index in [4.69, 9.17) is 15.3 Å². The molecule has 0 saturated carbocycles. The van der Waals surface area contributed by atoms with E-state index in [2.05, 4.69) is 0 Å². The summed E-state index contributed by atoms with van der Waals surface area (Å²) in [4.78, 5) is 8.36. The topological polar surface area (TPSA) is 63.4 Å². The highest BCUT2D eigenvalue weighted by Crippen LogP contribution is 1.38. The molecule has 0 bridgehead atoms. The molecule has 0 heterocycles. The van der Waals surface area contributed by atoms with Gasteiger partial charge < -0.3 is 5.21 Å². The third-order valence-corrected chi connectivity index (χ3v) is 0. The van der Waals surface area contributed by atoms with Crippen molar-refractivity contribution in [2.75, 3.05) is 0 Å². The van der Waals surface area contributed by atoms with Crippen LogP contribution in [0.15, 0.2) is 0 Å². The molecule has 0 aromatic carbocycles. The largest absolute Gasteiger partial charge is 0.328 e. The van der Waals surface area contributed by atoms with Crippen molar-refractivity contribution >= 4 is 11.0 Å². The van der Waals surface area contributed by atoms with Crippen LogP contribution in [0.1, 0.15) is 0 Å². The Balaban J connectivity index is -0.0000000450. The first-order valence-corrected chi connectivity index (χ1v) is 0.565. The molecular formula is CHNO3Si. The van der Waals surface area contributed by atoms with Gasteiger partial charge in [0.2, 0.25) is 0 Å². The van der Waals surface area contributed by atoms with E-state index in [1.807, 2.05) is 0 Å². The fourth-order valence-corrected chi connectivity index (χ4v) is 0. The van der Waals surface area contributed by atoms with Crippen LogP contribution < -0.4 is 0 Å². The normalized spacial score (nSPS) is 4.00. The van der Waals surface area contributed by atoms with E-state index in [0.29, 0.717) is 0 Å². The SMILES string of the molecule is O=[N+]([O-])O.[C].[Si]. The van der Waals surface area contributed by atoms with Crippen molar-refractivity contribution in [1.29, 1.82) is 0 Å². The summed E-state index contributed by atoms with van der Waals surface area (Å²) in [7, 11) is 0. The molecule has 0 spiro atoms. The van der Waals surface area contributed by atoms with Gasteiger partial charge in [0.15, 0.2) is 0 Å². The second kappa shape index (κ2) is 8.83. The first-order chi connectivity index (χ1) is 1.73. The van der Waals surface area contributed by atoms with Gasteiger partial charge in [-0.05, 0) is 0 Å². The standard InChI is InChI=1S/C.HNO3.Si/c;2-1(3)4;/h;(H,2,3,4);. The van der Waals surface area contributed by atoms with Crippen molar-refractivity contribution in [2.24, 2.45) is 0 Å². The molecule has 1 N–H and O–H groups in total. The first kappa shape index (κ1) is 18.1. The van der Waals surface area contributed by atoms with E-state index in [1.54, 1.807) is 0 Å². The molecule has 5 heteroatoms. The van der Waals surface area contributed by atoms with E-state index in [-0.39, 0.29) is 18.4 Å². The summed E-state index contributed by atoms with van der Waals surface area (Å²) in [5, 5.41) is 13.6. The van der Waals surface area contributed by atoms with Crippen LogP contribution >= 0.6 is 0 Å². The molecule has 4 nitrogen and oxygen atoms in total. The third kappa shape index (κ3) is 58.7. The zero-order chi connectivity index (χ0) is 3.58. The number of hydrogen-bond donors (Lipinski definition) is 1. The molecule has 0 aliphatic heterocycles. The van der Waals surface area contributed by atoms with E-state index in [1.165, 1.54) is 0 Å².